The van der Waals surface area contributed by atoms with Crippen LogP contribution in [0.5, 0.6) is 0 Å². The van der Waals surface area contributed by atoms with E-state index >= 15 is 0 Å². The molecule has 0 aromatic carbocycles. The van der Waals surface area contributed by atoms with Gasteiger partial charge in [0.2, 0.25) is 0 Å². The van der Waals surface area contributed by atoms with Gasteiger partial charge in [-0.1, -0.05) is 6.08 Å². The lowest BCUT2D eigenvalue weighted by atomic mass is 10.1. The number of carbonyl (C=O) groups excluding carboxylic acids is 1. The first-order valence-corrected chi connectivity index (χ1v) is 7.81. The Balaban J connectivity index is 1.84. The number of hydrogen-bond donors (Lipinski definition) is 0. The van der Waals surface area contributed by atoms with Gasteiger partial charge in [-0.3, -0.25) is 9.89 Å². The highest BCUT2D eigenvalue weighted by Crippen LogP contribution is 2.19. The molecular weight excluding hydrogens is 266 g/mol. The first-order valence-electron chi connectivity index (χ1n) is 7.81. The van der Waals surface area contributed by atoms with Crippen molar-refractivity contribution in [2.75, 3.05) is 26.2 Å². The van der Waals surface area contributed by atoms with Gasteiger partial charge in [0.15, 0.2) is 0 Å². The molecule has 0 aromatic heterocycles. The van der Waals surface area contributed by atoms with Crippen molar-refractivity contribution in [3.63, 3.8) is 0 Å². The Morgan fingerprint density at radius 1 is 1.24 bits per heavy atom. The van der Waals surface area contributed by atoms with Crippen molar-refractivity contribution in [3.8, 4) is 0 Å². The summed E-state index contributed by atoms with van der Waals surface area (Å²) in [6.07, 6.45) is 6.15. The quantitative estimate of drug-likeness (QED) is 0.786. The van der Waals surface area contributed by atoms with Gasteiger partial charge in [-0.25, -0.2) is 4.79 Å². The maximum atomic E-state index is 12.0. The van der Waals surface area contributed by atoms with Crippen molar-refractivity contribution in [2.45, 2.75) is 52.2 Å². The second-order valence-electron chi connectivity index (χ2n) is 6.70. The minimum atomic E-state index is -0.427. The number of hydrogen-bond acceptors (Lipinski definition) is 4. The number of aliphatic imine (C=N–C) groups is 1. The average molecular weight is 293 g/mol. The third kappa shape index (κ3) is 4.56. The maximum Gasteiger partial charge on any atom is 0.410 e. The van der Waals surface area contributed by atoms with Crippen LogP contribution in [-0.4, -0.2) is 59.9 Å². The molecule has 0 aliphatic carbocycles. The predicted octanol–water partition coefficient (Wildman–Crippen LogP) is 2.68. The SMILES string of the molecule is C[C@@H](C1=CCCC=N1)N1CCN(C(=O)OC(C)(C)C)CC1. The van der Waals surface area contributed by atoms with E-state index in [1.54, 1.807) is 4.90 Å². The van der Waals surface area contributed by atoms with Crippen LogP contribution < -0.4 is 0 Å². The van der Waals surface area contributed by atoms with E-state index in [1.165, 1.54) is 0 Å². The van der Waals surface area contributed by atoms with Crippen molar-refractivity contribution in [1.29, 1.82) is 0 Å². The van der Waals surface area contributed by atoms with Crippen molar-refractivity contribution in [1.82, 2.24) is 9.80 Å². The first kappa shape index (κ1) is 16.0. The van der Waals surface area contributed by atoms with Gasteiger partial charge in [0.25, 0.3) is 0 Å². The third-order valence-electron chi connectivity index (χ3n) is 3.83. The van der Waals surface area contributed by atoms with Crippen LogP contribution >= 0.6 is 0 Å². The summed E-state index contributed by atoms with van der Waals surface area (Å²) in [6.45, 7) is 11.1. The van der Waals surface area contributed by atoms with E-state index in [0.717, 1.165) is 44.7 Å². The van der Waals surface area contributed by atoms with Crippen LogP contribution in [0.2, 0.25) is 0 Å². The molecule has 0 N–H and O–H groups in total. The minimum absolute atomic E-state index is 0.204. The molecule has 1 atom stereocenters. The molecule has 5 nitrogen and oxygen atoms in total. The van der Waals surface area contributed by atoms with Crippen LogP contribution in [0.1, 0.15) is 40.5 Å². The summed E-state index contributed by atoms with van der Waals surface area (Å²) in [5.41, 5.74) is 0.732. The Morgan fingerprint density at radius 2 is 1.90 bits per heavy atom. The molecule has 2 aliphatic rings. The number of carbonyl (C=O) groups is 1. The van der Waals surface area contributed by atoms with E-state index in [2.05, 4.69) is 22.9 Å². The Hall–Kier alpha value is -1.36. The molecule has 0 aromatic rings. The summed E-state index contributed by atoms with van der Waals surface area (Å²) in [4.78, 5) is 20.7. The van der Waals surface area contributed by atoms with E-state index in [-0.39, 0.29) is 6.09 Å². The standard InChI is InChI=1S/C16H27N3O2/c1-13(14-7-5-6-8-17-14)18-9-11-19(12-10-18)15(20)21-16(2,3)4/h7-8,13H,5-6,9-12H2,1-4H3/t13-/m0/s1. The zero-order chi connectivity index (χ0) is 15.5. The highest BCUT2D eigenvalue weighted by Gasteiger charge is 2.28. The molecule has 0 unspecified atom stereocenters. The van der Waals surface area contributed by atoms with Crippen LogP contribution in [0.25, 0.3) is 0 Å². The minimum Gasteiger partial charge on any atom is -0.444 e. The van der Waals surface area contributed by atoms with E-state index in [9.17, 15) is 4.79 Å². The Kier molecular flexibility index (Phi) is 5.04. The Labute approximate surface area is 127 Å². The molecule has 0 spiro atoms. The van der Waals surface area contributed by atoms with Gasteiger partial charge in [-0.15, -0.1) is 0 Å². The van der Waals surface area contributed by atoms with Gasteiger partial charge < -0.3 is 9.64 Å². The lowest BCUT2D eigenvalue weighted by Crippen LogP contribution is -2.52. The Morgan fingerprint density at radius 3 is 2.43 bits per heavy atom. The zero-order valence-electron chi connectivity index (χ0n) is 13.6. The van der Waals surface area contributed by atoms with Crippen molar-refractivity contribution in [3.05, 3.63) is 11.8 Å². The second-order valence-corrected chi connectivity index (χ2v) is 6.70. The van der Waals surface area contributed by atoms with E-state index < -0.39 is 5.60 Å². The molecule has 2 rings (SSSR count). The molecule has 1 fully saturated rings. The summed E-state index contributed by atoms with van der Waals surface area (Å²) in [7, 11) is 0. The number of nitrogens with zero attached hydrogens (tertiary/aromatic N) is 3. The highest BCUT2D eigenvalue weighted by molar-refractivity contribution is 5.68. The number of piperazine rings is 1. The van der Waals surface area contributed by atoms with Gasteiger partial charge in [0, 0.05) is 38.4 Å². The van der Waals surface area contributed by atoms with Crippen LogP contribution in [0.3, 0.4) is 0 Å². The summed E-state index contributed by atoms with van der Waals surface area (Å²) < 4.78 is 5.42. The zero-order valence-corrected chi connectivity index (χ0v) is 13.6. The van der Waals surface area contributed by atoms with Gasteiger partial charge in [-0.2, -0.15) is 0 Å². The topological polar surface area (TPSA) is 45.1 Å². The fourth-order valence-corrected chi connectivity index (χ4v) is 2.61. The molecule has 1 saturated heterocycles. The van der Waals surface area contributed by atoms with E-state index in [1.807, 2.05) is 27.0 Å². The largest absolute Gasteiger partial charge is 0.444 e. The van der Waals surface area contributed by atoms with Crippen LogP contribution in [-0.2, 0) is 4.74 Å². The Bertz CT molecular complexity index is 429. The van der Waals surface area contributed by atoms with Crippen LogP contribution in [0, 0.1) is 0 Å². The fraction of sp³-hybridized carbons (Fsp3) is 0.750. The van der Waals surface area contributed by atoms with Gasteiger partial charge in [0.05, 0.1) is 5.70 Å². The number of rotatable bonds is 2. The van der Waals surface area contributed by atoms with Crippen molar-refractivity contribution < 1.29 is 9.53 Å². The molecular formula is C16H27N3O2. The number of ether oxygens (including phenoxy) is 1. The number of amides is 1. The van der Waals surface area contributed by atoms with Crippen LogP contribution in [0.4, 0.5) is 4.79 Å². The molecule has 1 amide bonds. The summed E-state index contributed by atoms with van der Waals surface area (Å²) in [5.74, 6) is 0. The third-order valence-corrected chi connectivity index (χ3v) is 3.83. The van der Waals surface area contributed by atoms with Gasteiger partial charge >= 0.3 is 6.09 Å². The fourth-order valence-electron chi connectivity index (χ4n) is 2.61. The lowest BCUT2D eigenvalue weighted by Gasteiger charge is -2.38. The average Bonchev–Trinajstić information content (AvgIpc) is 2.46. The smallest absolute Gasteiger partial charge is 0.410 e. The lowest BCUT2D eigenvalue weighted by molar-refractivity contribution is 0.0124. The van der Waals surface area contributed by atoms with Crippen molar-refractivity contribution in [2.24, 2.45) is 4.99 Å². The summed E-state index contributed by atoms with van der Waals surface area (Å²) >= 11 is 0. The highest BCUT2D eigenvalue weighted by atomic mass is 16.6. The first-order chi connectivity index (χ1) is 9.87. The normalized spacial score (nSPS) is 21.9. The molecule has 21 heavy (non-hydrogen) atoms. The summed E-state index contributed by atoms with van der Waals surface area (Å²) in [5, 5.41) is 0. The predicted molar refractivity (Wildman–Crippen MR) is 84.7 cm³/mol. The molecule has 0 radical (unpaired) electrons. The molecule has 118 valence electrons. The van der Waals surface area contributed by atoms with Crippen molar-refractivity contribution >= 4 is 12.3 Å². The molecule has 0 saturated carbocycles. The van der Waals surface area contributed by atoms with Crippen LogP contribution in [0.15, 0.2) is 16.8 Å². The summed E-state index contributed by atoms with van der Waals surface area (Å²) in [6, 6.07) is 0.322. The van der Waals surface area contributed by atoms with E-state index in [4.69, 9.17) is 4.74 Å². The molecule has 2 aliphatic heterocycles. The molecule has 2 heterocycles. The van der Waals surface area contributed by atoms with E-state index in [0.29, 0.717) is 6.04 Å². The monoisotopic (exact) mass is 293 g/mol. The van der Waals surface area contributed by atoms with Gasteiger partial charge in [-0.05, 0) is 40.5 Å². The molecule has 5 heteroatoms. The van der Waals surface area contributed by atoms with Gasteiger partial charge in [0.1, 0.15) is 5.60 Å². The molecule has 0 bridgehead atoms. The second kappa shape index (κ2) is 6.60. The maximum absolute atomic E-state index is 12.0. The number of allylic oxidation sites excluding steroid dienone is 1.